The van der Waals surface area contributed by atoms with Crippen molar-refractivity contribution in [3.63, 3.8) is 0 Å². The van der Waals surface area contributed by atoms with Crippen LogP contribution in [0, 0.1) is 22.2 Å². The third kappa shape index (κ3) is 4.33. The molecule has 1 spiro atoms. The molecule has 7 heteroatoms. The van der Waals surface area contributed by atoms with E-state index in [1.807, 2.05) is 0 Å². The lowest BCUT2D eigenvalue weighted by Gasteiger charge is -2.27. The Labute approximate surface area is 153 Å². The molecule has 2 amide bonds. The minimum Gasteiger partial charge on any atom is -0.328 e. The highest BCUT2D eigenvalue weighted by atomic mass is 19.3. The smallest absolute Gasteiger partial charge is 0.318 e. The Kier molecular flexibility index (Phi) is 4.98. The van der Waals surface area contributed by atoms with Crippen molar-refractivity contribution in [1.29, 1.82) is 5.26 Å². The summed E-state index contributed by atoms with van der Waals surface area (Å²) in [6.45, 7) is 2.00. The van der Waals surface area contributed by atoms with Gasteiger partial charge in [0.25, 0.3) is 0 Å². The van der Waals surface area contributed by atoms with Crippen LogP contribution < -0.4 is 5.32 Å². The van der Waals surface area contributed by atoms with E-state index in [1.165, 1.54) is 12.8 Å². The maximum Gasteiger partial charge on any atom is 0.318 e. The molecule has 0 unspecified atom stereocenters. The van der Waals surface area contributed by atoms with Crippen LogP contribution in [0.1, 0.15) is 64.7 Å². The van der Waals surface area contributed by atoms with E-state index in [0.717, 1.165) is 26.2 Å². The molecular weight excluding hydrogens is 340 g/mol. The predicted molar refractivity (Wildman–Crippen MR) is 91.6 cm³/mol. The van der Waals surface area contributed by atoms with Gasteiger partial charge in [0.1, 0.15) is 0 Å². The molecule has 1 aliphatic heterocycles. The van der Waals surface area contributed by atoms with Crippen molar-refractivity contribution in [3.05, 3.63) is 0 Å². The summed E-state index contributed by atoms with van der Waals surface area (Å²) in [4.78, 5) is 26.8. The molecule has 0 radical (unpaired) electrons. The molecule has 1 saturated heterocycles. The average molecular weight is 367 g/mol. The zero-order chi connectivity index (χ0) is 19.0. The van der Waals surface area contributed by atoms with Gasteiger partial charge in [0.05, 0.1) is 17.5 Å². The lowest BCUT2D eigenvalue weighted by Crippen LogP contribution is -2.49. The zero-order valence-corrected chi connectivity index (χ0v) is 15.3. The van der Waals surface area contributed by atoms with Crippen molar-refractivity contribution in [2.45, 2.75) is 76.7 Å². The summed E-state index contributed by atoms with van der Waals surface area (Å²) in [6.07, 6.45) is 5.96. The lowest BCUT2D eigenvalue weighted by atomic mass is 9.86. The van der Waals surface area contributed by atoms with Gasteiger partial charge in [-0.3, -0.25) is 4.79 Å². The van der Waals surface area contributed by atoms with E-state index in [9.17, 15) is 18.4 Å². The highest BCUT2D eigenvalue weighted by Crippen LogP contribution is 2.48. The number of hydrogen-bond donors (Lipinski definition) is 1. The molecule has 3 rings (SSSR count). The van der Waals surface area contributed by atoms with Crippen molar-refractivity contribution in [3.8, 4) is 6.07 Å². The molecular formula is C19H27F2N3O2. The number of likely N-dealkylation sites (tertiary alicyclic amines) is 1. The Morgan fingerprint density at radius 3 is 2.42 bits per heavy atom. The number of amides is 2. The zero-order valence-electron chi connectivity index (χ0n) is 15.3. The van der Waals surface area contributed by atoms with Crippen LogP contribution in [-0.4, -0.2) is 41.8 Å². The van der Waals surface area contributed by atoms with Gasteiger partial charge in [0, 0.05) is 25.9 Å². The van der Waals surface area contributed by atoms with E-state index in [2.05, 4.69) is 11.4 Å². The SMILES string of the molecule is CC(F)(F)C[C@H](NC(=O)N1CCC2(CCCC2)C1)C(=O)CC1(C#N)CC1. The Hall–Kier alpha value is -1.71. The number of rotatable bonds is 6. The van der Waals surface area contributed by atoms with Crippen molar-refractivity contribution in [1.82, 2.24) is 10.2 Å². The van der Waals surface area contributed by atoms with Gasteiger partial charge < -0.3 is 10.2 Å². The van der Waals surface area contributed by atoms with Crippen LogP contribution in [-0.2, 0) is 4.79 Å². The minimum absolute atomic E-state index is 0.0610. The number of hydrogen-bond acceptors (Lipinski definition) is 3. The first-order valence-corrected chi connectivity index (χ1v) is 9.53. The molecule has 26 heavy (non-hydrogen) atoms. The second kappa shape index (κ2) is 6.79. The number of carbonyl (C=O) groups is 2. The fourth-order valence-corrected chi connectivity index (χ4v) is 4.42. The second-order valence-electron chi connectivity index (χ2n) is 8.69. The van der Waals surface area contributed by atoms with Gasteiger partial charge in [0.15, 0.2) is 5.78 Å². The van der Waals surface area contributed by atoms with Crippen LogP contribution in [0.3, 0.4) is 0 Å². The van der Waals surface area contributed by atoms with Crippen LogP contribution in [0.25, 0.3) is 0 Å². The molecule has 0 aromatic heterocycles. The van der Waals surface area contributed by atoms with Crippen LogP contribution in [0.2, 0.25) is 0 Å². The number of halogens is 2. The summed E-state index contributed by atoms with van der Waals surface area (Å²) in [5.74, 6) is -3.53. The minimum atomic E-state index is -3.06. The average Bonchev–Trinajstić information content (AvgIpc) is 3.00. The topological polar surface area (TPSA) is 73.2 Å². The molecule has 3 fully saturated rings. The Morgan fingerprint density at radius 1 is 1.23 bits per heavy atom. The number of nitrogens with one attached hydrogen (secondary N) is 1. The highest BCUT2D eigenvalue weighted by molar-refractivity contribution is 5.89. The van der Waals surface area contributed by atoms with E-state index in [4.69, 9.17) is 5.26 Å². The van der Waals surface area contributed by atoms with Gasteiger partial charge in [0.2, 0.25) is 5.92 Å². The number of carbonyl (C=O) groups excluding carboxylic acids is 2. The maximum absolute atomic E-state index is 13.5. The largest absolute Gasteiger partial charge is 0.328 e. The molecule has 1 N–H and O–H groups in total. The van der Waals surface area contributed by atoms with Crippen LogP contribution in [0.5, 0.6) is 0 Å². The van der Waals surface area contributed by atoms with Crippen molar-refractivity contribution in [2.24, 2.45) is 10.8 Å². The van der Waals surface area contributed by atoms with Gasteiger partial charge in [-0.1, -0.05) is 12.8 Å². The first-order chi connectivity index (χ1) is 12.2. The number of Topliss-reactive ketones (excluding diaryl/α,β-unsaturated/α-hetero) is 1. The highest BCUT2D eigenvalue weighted by Gasteiger charge is 2.47. The van der Waals surface area contributed by atoms with Gasteiger partial charge in [-0.25, -0.2) is 13.6 Å². The first-order valence-electron chi connectivity index (χ1n) is 9.53. The van der Waals surface area contributed by atoms with Crippen LogP contribution in [0.15, 0.2) is 0 Å². The van der Waals surface area contributed by atoms with Crippen LogP contribution in [0.4, 0.5) is 13.6 Å². The summed E-state index contributed by atoms with van der Waals surface area (Å²) < 4.78 is 27.1. The van der Waals surface area contributed by atoms with E-state index < -0.39 is 35.6 Å². The predicted octanol–water partition coefficient (Wildman–Crippen LogP) is 3.64. The number of ketones is 1. The molecule has 2 saturated carbocycles. The lowest BCUT2D eigenvalue weighted by molar-refractivity contribution is -0.124. The van der Waals surface area contributed by atoms with E-state index in [1.54, 1.807) is 4.90 Å². The summed E-state index contributed by atoms with van der Waals surface area (Å²) in [7, 11) is 0. The van der Waals surface area contributed by atoms with Crippen LogP contribution >= 0.6 is 0 Å². The van der Waals surface area contributed by atoms with Crippen molar-refractivity contribution in [2.75, 3.05) is 13.1 Å². The number of nitrogens with zero attached hydrogens (tertiary/aromatic N) is 2. The van der Waals surface area contributed by atoms with Crippen molar-refractivity contribution < 1.29 is 18.4 Å². The molecule has 0 aromatic rings. The molecule has 5 nitrogen and oxygen atoms in total. The molecule has 0 bridgehead atoms. The fourth-order valence-electron chi connectivity index (χ4n) is 4.42. The summed E-state index contributed by atoms with van der Waals surface area (Å²) in [6, 6.07) is 0.437. The molecule has 1 atom stereocenters. The molecule has 3 aliphatic rings. The van der Waals surface area contributed by atoms with E-state index in [0.29, 0.717) is 25.9 Å². The third-order valence-electron chi connectivity index (χ3n) is 6.24. The molecule has 1 heterocycles. The maximum atomic E-state index is 13.5. The third-order valence-corrected chi connectivity index (χ3v) is 6.24. The Balaban J connectivity index is 1.62. The van der Waals surface area contributed by atoms with Gasteiger partial charge in [-0.15, -0.1) is 0 Å². The second-order valence-corrected chi connectivity index (χ2v) is 8.69. The quantitative estimate of drug-likeness (QED) is 0.779. The summed E-state index contributed by atoms with van der Waals surface area (Å²) in [5.41, 5.74) is -0.519. The monoisotopic (exact) mass is 367 g/mol. The molecule has 144 valence electrons. The van der Waals surface area contributed by atoms with Gasteiger partial charge in [-0.2, -0.15) is 5.26 Å². The van der Waals surface area contributed by atoms with Crippen molar-refractivity contribution >= 4 is 11.8 Å². The normalized spacial score (nSPS) is 24.3. The fraction of sp³-hybridized carbons (Fsp3) is 0.842. The number of nitriles is 1. The Morgan fingerprint density at radius 2 is 1.88 bits per heavy atom. The Bertz CT molecular complexity index is 613. The summed E-state index contributed by atoms with van der Waals surface area (Å²) >= 11 is 0. The van der Waals surface area contributed by atoms with E-state index >= 15 is 0 Å². The van der Waals surface area contributed by atoms with E-state index in [-0.39, 0.29) is 11.8 Å². The number of alkyl halides is 2. The van der Waals surface area contributed by atoms with Gasteiger partial charge in [-0.05, 0) is 44.4 Å². The first kappa shape index (κ1) is 19.1. The molecule has 2 aliphatic carbocycles. The standard InChI is InChI=1S/C19H27F2N3O2/c1-17(20,21)10-14(15(25)11-19(12-22)6-7-19)23-16(26)24-9-8-18(13-24)4-2-3-5-18/h14H,2-11,13H2,1H3,(H,23,26)/t14-/m0/s1. The summed E-state index contributed by atoms with van der Waals surface area (Å²) in [5, 5.41) is 11.7. The number of urea groups is 1. The van der Waals surface area contributed by atoms with Gasteiger partial charge >= 0.3 is 6.03 Å². The molecule has 0 aromatic carbocycles.